The van der Waals surface area contributed by atoms with Crippen LogP contribution in [0.15, 0.2) is 60.8 Å². The number of benzene rings is 2. The number of nitrogens with zero attached hydrogens (tertiary/aromatic N) is 2. The average Bonchev–Trinajstić information content (AvgIpc) is 3.08. The summed E-state index contributed by atoms with van der Waals surface area (Å²) in [6.45, 7) is 0. The second kappa shape index (κ2) is 6.63. The van der Waals surface area contributed by atoms with Crippen molar-refractivity contribution in [2.75, 3.05) is 5.32 Å². The minimum Gasteiger partial charge on any atom is -0.338 e. The number of aromatic nitrogens is 2. The van der Waals surface area contributed by atoms with Crippen molar-refractivity contribution >= 4 is 50.9 Å². The fourth-order valence-corrected chi connectivity index (χ4v) is 3.71. The van der Waals surface area contributed by atoms with Gasteiger partial charge in [0.2, 0.25) is 0 Å². The Morgan fingerprint density at radius 2 is 1.88 bits per heavy atom. The minimum absolute atomic E-state index is 0.426. The number of aldehydes is 1. The Hall–Kier alpha value is -2.76. The predicted octanol–water partition coefficient (Wildman–Crippen LogP) is 5.57. The van der Waals surface area contributed by atoms with E-state index in [2.05, 4.69) is 15.3 Å². The first kappa shape index (κ1) is 15.7. The Balaban J connectivity index is 1.77. The highest BCUT2D eigenvalue weighted by Gasteiger charge is 2.12. The lowest BCUT2D eigenvalue weighted by molar-refractivity contribution is 0.112. The van der Waals surface area contributed by atoms with E-state index >= 15 is 0 Å². The van der Waals surface area contributed by atoms with Crippen molar-refractivity contribution in [3.8, 4) is 11.1 Å². The molecule has 1 N–H and O–H groups in total. The standard InChI is InChI=1S/C19H12ClN3OS/c20-17-13(12-5-2-1-3-6-12)7-4-8-14(17)23-19-18-15(9-10-21-19)22-16(11-24)25-18/h1-11H,(H,21,23). The van der Waals surface area contributed by atoms with Crippen molar-refractivity contribution in [2.45, 2.75) is 0 Å². The first-order valence-electron chi connectivity index (χ1n) is 7.58. The molecule has 0 aliphatic heterocycles. The minimum atomic E-state index is 0.426. The molecule has 4 rings (SSSR count). The van der Waals surface area contributed by atoms with Crippen LogP contribution < -0.4 is 5.32 Å². The molecule has 2 heterocycles. The van der Waals surface area contributed by atoms with Crippen LogP contribution in [0.5, 0.6) is 0 Å². The molecule has 0 spiro atoms. The summed E-state index contributed by atoms with van der Waals surface area (Å²) in [4.78, 5) is 19.6. The molecule has 4 nitrogen and oxygen atoms in total. The third-order valence-corrected chi connectivity index (χ3v) is 5.17. The number of halogens is 1. The predicted molar refractivity (Wildman–Crippen MR) is 103 cm³/mol. The third-order valence-electron chi connectivity index (χ3n) is 3.76. The first-order valence-corrected chi connectivity index (χ1v) is 8.77. The largest absolute Gasteiger partial charge is 0.338 e. The summed E-state index contributed by atoms with van der Waals surface area (Å²) in [6, 6.07) is 17.6. The van der Waals surface area contributed by atoms with Crippen LogP contribution in [0, 0.1) is 0 Å². The van der Waals surface area contributed by atoms with Gasteiger partial charge in [0.1, 0.15) is 5.82 Å². The maximum Gasteiger partial charge on any atom is 0.178 e. The Labute approximate surface area is 153 Å². The Kier molecular flexibility index (Phi) is 4.17. The summed E-state index contributed by atoms with van der Waals surface area (Å²) in [5, 5.41) is 4.32. The van der Waals surface area contributed by atoms with Crippen molar-refractivity contribution in [3.63, 3.8) is 0 Å². The number of carbonyl (C=O) groups is 1. The Bertz CT molecular complexity index is 1060. The molecule has 0 amide bonds. The lowest BCUT2D eigenvalue weighted by Gasteiger charge is -2.12. The number of rotatable bonds is 4. The van der Waals surface area contributed by atoms with Gasteiger partial charge < -0.3 is 5.32 Å². The molecule has 0 saturated heterocycles. The number of nitrogens with one attached hydrogen (secondary N) is 1. The zero-order valence-corrected chi connectivity index (χ0v) is 14.5. The summed E-state index contributed by atoms with van der Waals surface area (Å²) >= 11 is 7.92. The topological polar surface area (TPSA) is 54.9 Å². The molecule has 0 unspecified atom stereocenters. The average molecular weight is 366 g/mol. The first-order chi connectivity index (χ1) is 12.3. The molecular formula is C19H12ClN3OS. The van der Waals surface area contributed by atoms with Crippen LogP contribution in [0.4, 0.5) is 11.5 Å². The number of hydrogen-bond acceptors (Lipinski definition) is 5. The van der Waals surface area contributed by atoms with Crippen molar-refractivity contribution in [3.05, 3.63) is 70.8 Å². The normalized spacial score (nSPS) is 10.8. The van der Waals surface area contributed by atoms with Gasteiger partial charge in [-0.1, -0.05) is 54.1 Å². The van der Waals surface area contributed by atoms with Crippen molar-refractivity contribution < 1.29 is 4.79 Å². The van der Waals surface area contributed by atoms with Crippen LogP contribution in [0.3, 0.4) is 0 Å². The number of thiazole rings is 1. The van der Waals surface area contributed by atoms with Crippen molar-refractivity contribution in [2.24, 2.45) is 0 Å². The number of fused-ring (bicyclic) bond motifs is 1. The lowest BCUT2D eigenvalue weighted by atomic mass is 10.1. The van der Waals surface area contributed by atoms with Crippen LogP contribution in [0.1, 0.15) is 9.80 Å². The van der Waals surface area contributed by atoms with Gasteiger partial charge in [0.25, 0.3) is 0 Å². The highest BCUT2D eigenvalue weighted by molar-refractivity contribution is 7.20. The van der Waals surface area contributed by atoms with Gasteiger partial charge in [0, 0.05) is 11.8 Å². The quantitative estimate of drug-likeness (QED) is 0.480. The molecule has 122 valence electrons. The number of anilines is 2. The van der Waals surface area contributed by atoms with E-state index < -0.39 is 0 Å². The molecule has 2 aromatic heterocycles. The molecule has 0 aliphatic rings. The van der Waals surface area contributed by atoms with Crippen LogP contribution in [0.25, 0.3) is 21.3 Å². The molecule has 2 aromatic carbocycles. The van der Waals surface area contributed by atoms with Crippen molar-refractivity contribution in [1.29, 1.82) is 0 Å². The monoisotopic (exact) mass is 365 g/mol. The van der Waals surface area contributed by atoms with Crippen molar-refractivity contribution in [1.82, 2.24) is 9.97 Å². The van der Waals surface area contributed by atoms with Gasteiger partial charge in [0.05, 0.1) is 20.9 Å². The number of carbonyl (C=O) groups excluding carboxylic acids is 1. The molecule has 0 bridgehead atoms. The summed E-state index contributed by atoms with van der Waals surface area (Å²) in [5.41, 5.74) is 3.48. The Morgan fingerprint density at radius 3 is 2.68 bits per heavy atom. The summed E-state index contributed by atoms with van der Waals surface area (Å²) in [6.07, 6.45) is 2.41. The van der Waals surface area contributed by atoms with Gasteiger partial charge in [-0.15, -0.1) is 11.3 Å². The molecule has 0 atom stereocenters. The summed E-state index contributed by atoms with van der Waals surface area (Å²) in [5.74, 6) is 0.634. The lowest BCUT2D eigenvalue weighted by Crippen LogP contribution is -1.95. The van der Waals surface area contributed by atoms with Gasteiger partial charge in [-0.25, -0.2) is 9.97 Å². The van der Waals surface area contributed by atoms with E-state index in [0.29, 0.717) is 15.8 Å². The fraction of sp³-hybridized carbons (Fsp3) is 0. The van der Waals surface area contributed by atoms with E-state index in [1.54, 1.807) is 12.3 Å². The van der Waals surface area contributed by atoms with Crippen LogP contribution in [0.2, 0.25) is 5.02 Å². The SMILES string of the molecule is O=Cc1nc2ccnc(Nc3cccc(-c4ccccc4)c3Cl)c2s1. The van der Waals surface area contributed by atoms with E-state index in [0.717, 1.165) is 33.3 Å². The summed E-state index contributed by atoms with van der Waals surface area (Å²) in [7, 11) is 0. The molecule has 0 radical (unpaired) electrons. The zero-order chi connectivity index (χ0) is 17.2. The Morgan fingerprint density at radius 1 is 1.04 bits per heavy atom. The third kappa shape index (κ3) is 2.99. The van der Waals surface area contributed by atoms with E-state index in [1.807, 2.05) is 48.5 Å². The molecule has 0 fully saturated rings. The van der Waals surface area contributed by atoms with Crippen LogP contribution in [-0.2, 0) is 0 Å². The highest BCUT2D eigenvalue weighted by atomic mass is 35.5. The van der Waals surface area contributed by atoms with E-state index in [-0.39, 0.29) is 0 Å². The molecular weight excluding hydrogens is 354 g/mol. The van der Waals surface area contributed by atoms with Gasteiger partial charge >= 0.3 is 0 Å². The second-order valence-electron chi connectivity index (χ2n) is 5.34. The second-order valence-corrected chi connectivity index (χ2v) is 6.74. The van der Waals surface area contributed by atoms with Crippen LogP contribution >= 0.6 is 22.9 Å². The molecule has 0 aliphatic carbocycles. The van der Waals surface area contributed by atoms with Gasteiger partial charge in [0.15, 0.2) is 11.3 Å². The van der Waals surface area contributed by atoms with Gasteiger partial charge in [-0.05, 0) is 17.7 Å². The van der Waals surface area contributed by atoms with Gasteiger partial charge in [-0.2, -0.15) is 0 Å². The number of hydrogen-bond donors (Lipinski definition) is 1. The smallest absolute Gasteiger partial charge is 0.178 e. The molecule has 4 aromatic rings. The molecule has 6 heteroatoms. The summed E-state index contributed by atoms with van der Waals surface area (Å²) < 4.78 is 0.825. The molecule has 0 saturated carbocycles. The fourth-order valence-electron chi connectivity index (χ4n) is 2.61. The highest BCUT2D eigenvalue weighted by Crippen LogP contribution is 2.36. The van der Waals surface area contributed by atoms with Crippen LogP contribution in [-0.4, -0.2) is 16.3 Å². The van der Waals surface area contributed by atoms with E-state index in [1.165, 1.54) is 11.3 Å². The zero-order valence-electron chi connectivity index (χ0n) is 12.9. The molecule has 25 heavy (non-hydrogen) atoms. The van der Waals surface area contributed by atoms with E-state index in [9.17, 15) is 4.79 Å². The van der Waals surface area contributed by atoms with Gasteiger partial charge in [-0.3, -0.25) is 4.79 Å². The van der Waals surface area contributed by atoms with E-state index in [4.69, 9.17) is 11.6 Å². The maximum absolute atomic E-state index is 11.0. The number of pyridine rings is 1. The maximum atomic E-state index is 11.0.